The van der Waals surface area contributed by atoms with Crippen LogP contribution in [0.1, 0.15) is 57.8 Å². The second kappa shape index (κ2) is 6.55. The normalized spacial score (nSPS) is 43.7. The lowest BCUT2D eigenvalue weighted by Crippen LogP contribution is -2.48. The zero-order valence-electron chi connectivity index (χ0n) is 12.1. The average Bonchev–Trinajstić information content (AvgIpc) is 3.08. The van der Waals surface area contributed by atoms with Gasteiger partial charge in [-0.05, 0) is 69.9 Å². The Morgan fingerprint density at radius 1 is 1.00 bits per heavy atom. The van der Waals surface area contributed by atoms with Crippen molar-refractivity contribution in [2.75, 3.05) is 13.1 Å². The predicted octanol–water partition coefficient (Wildman–Crippen LogP) is 2.05. The summed E-state index contributed by atoms with van der Waals surface area (Å²) in [6.45, 7) is 2.35. The van der Waals surface area contributed by atoms with E-state index in [1.807, 2.05) is 0 Å². The zero-order chi connectivity index (χ0) is 13.1. The van der Waals surface area contributed by atoms with Gasteiger partial charge < -0.3 is 15.7 Å². The molecule has 0 amide bonds. The molecule has 19 heavy (non-hydrogen) atoms. The van der Waals surface area contributed by atoms with Crippen LogP contribution in [-0.2, 0) is 0 Å². The van der Waals surface area contributed by atoms with Crippen LogP contribution in [0.4, 0.5) is 0 Å². The molecule has 1 heterocycles. The van der Waals surface area contributed by atoms with E-state index >= 15 is 0 Å². The predicted molar refractivity (Wildman–Crippen MR) is 78.1 cm³/mol. The Hall–Kier alpha value is -0.120. The number of rotatable bonds is 4. The van der Waals surface area contributed by atoms with Crippen molar-refractivity contribution in [3.05, 3.63) is 0 Å². The van der Waals surface area contributed by atoms with Crippen LogP contribution in [0.5, 0.6) is 0 Å². The van der Waals surface area contributed by atoms with Crippen molar-refractivity contribution < 1.29 is 5.11 Å². The Morgan fingerprint density at radius 2 is 1.89 bits per heavy atom. The number of aliphatic hydroxyl groups is 1. The van der Waals surface area contributed by atoms with Gasteiger partial charge in [0.15, 0.2) is 0 Å². The van der Waals surface area contributed by atoms with Gasteiger partial charge in [-0.1, -0.05) is 12.8 Å². The van der Waals surface area contributed by atoms with E-state index in [2.05, 4.69) is 10.6 Å². The van der Waals surface area contributed by atoms with Gasteiger partial charge in [-0.15, -0.1) is 0 Å². The van der Waals surface area contributed by atoms with Gasteiger partial charge in [-0.25, -0.2) is 0 Å². The second-order valence-corrected chi connectivity index (χ2v) is 7.00. The summed E-state index contributed by atoms with van der Waals surface area (Å²) in [6, 6.07) is 1.49. The van der Waals surface area contributed by atoms with Crippen LogP contribution in [0.25, 0.3) is 0 Å². The lowest BCUT2D eigenvalue weighted by molar-refractivity contribution is 0.173. The van der Waals surface area contributed by atoms with E-state index < -0.39 is 0 Å². The van der Waals surface area contributed by atoms with Gasteiger partial charge in [-0.2, -0.15) is 0 Å². The lowest BCUT2D eigenvalue weighted by Gasteiger charge is -2.37. The highest BCUT2D eigenvalue weighted by Gasteiger charge is 2.33. The van der Waals surface area contributed by atoms with E-state index in [0.717, 1.165) is 37.4 Å². The molecule has 2 saturated carbocycles. The fourth-order valence-corrected chi connectivity index (χ4v) is 4.52. The summed E-state index contributed by atoms with van der Waals surface area (Å²) in [5, 5.41) is 17.2. The summed E-state index contributed by atoms with van der Waals surface area (Å²) >= 11 is 0. The molecule has 2 aliphatic carbocycles. The maximum absolute atomic E-state index is 9.62. The molecular weight excluding hydrogens is 236 g/mol. The number of hydrogen-bond donors (Lipinski definition) is 3. The summed E-state index contributed by atoms with van der Waals surface area (Å²) in [5.74, 6) is 1.57. The quantitative estimate of drug-likeness (QED) is 0.730. The first kappa shape index (κ1) is 13.8. The van der Waals surface area contributed by atoms with Crippen molar-refractivity contribution in [1.29, 1.82) is 0 Å². The van der Waals surface area contributed by atoms with Crippen LogP contribution in [0.15, 0.2) is 0 Å². The summed E-state index contributed by atoms with van der Waals surface area (Å²) in [7, 11) is 0. The molecule has 3 nitrogen and oxygen atoms in total. The Labute approximate surface area is 117 Å². The van der Waals surface area contributed by atoms with E-state index in [1.165, 1.54) is 51.5 Å². The number of nitrogens with one attached hydrogen (secondary N) is 2. The monoisotopic (exact) mass is 266 g/mol. The molecule has 0 aromatic carbocycles. The summed E-state index contributed by atoms with van der Waals surface area (Å²) in [6.07, 6.45) is 11.6. The largest absolute Gasteiger partial charge is 0.393 e. The zero-order valence-corrected chi connectivity index (χ0v) is 12.1. The van der Waals surface area contributed by atoms with Crippen molar-refractivity contribution in [2.45, 2.75) is 76.0 Å². The molecule has 3 heteroatoms. The molecule has 3 rings (SSSR count). The standard InChI is InChI=1S/C16H30N2O/c19-13-8-7-12(10-13)11-18-16-5-2-1-4-14(16)15-6-3-9-17-15/h12-19H,1-11H2. The highest BCUT2D eigenvalue weighted by molar-refractivity contribution is 4.92. The van der Waals surface area contributed by atoms with E-state index in [4.69, 9.17) is 0 Å². The van der Waals surface area contributed by atoms with Gasteiger partial charge in [-0.3, -0.25) is 0 Å². The Balaban J connectivity index is 1.49. The third-order valence-corrected chi connectivity index (χ3v) is 5.62. The van der Waals surface area contributed by atoms with Gasteiger partial charge in [0, 0.05) is 12.1 Å². The molecule has 3 aliphatic rings. The van der Waals surface area contributed by atoms with Gasteiger partial charge in [0.05, 0.1) is 6.10 Å². The van der Waals surface area contributed by atoms with Gasteiger partial charge >= 0.3 is 0 Å². The fraction of sp³-hybridized carbons (Fsp3) is 1.00. The highest BCUT2D eigenvalue weighted by Crippen LogP contribution is 2.31. The molecule has 1 saturated heterocycles. The molecule has 1 aliphatic heterocycles. The first-order valence-corrected chi connectivity index (χ1v) is 8.48. The minimum absolute atomic E-state index is 0.0227. The van der Waals surface area contributed by atoms with E-state index in [-0.39, 0.29) is 6.10 Å². The number of hydrogen-bond acceptors (Lipinski definition) is 3. The molecule has 5 unspecified atom stereocenters. The Morgan fingerprint density at radius 3 is 2.63 bits per heavy atom. The third kappa shape index (κ3) is 3.50. The minimum atomic E-state index is -0.0227. The van der Waals surface area contributed by atoms with Crippen LogP contribution in [0.2, 0.25) is 0 Å². The van der Waals surface area contributed by atoms with Crippen LogP contribution < -0.4 is 10.6 Å². The molecular formula is C16H30N2O. The van der Waals surface area contributed by atoms with Gasteiger partial charge in [0.2, 0.25) is 0 Å². The Kier molecular flexibility index (Phi) is 4.78. The second-order valence-electron chi connectivity index (χ2n) is 7.00. The van der Waals surface area contributed by atoms with E-state index in [1.54, 1.807) is 0 Å². The third-order valence-electron chi connectivity index (χ3n) is 5.62. The van der Waals surface area contributed by atoms with Crippen molar-refractivity contribution in [2.24, 2.45) is 11.8 Å². The van der Waals surface area contributed by atoms with Crippen molar-refractivity contribution in [3.8, 4) is 0 Å². The highest BCUT2D eigenvalue weighted by atomic mass is 16.3. The van der Waals surface area contributed by atoms with E-state index in [0.29, 0.717) is 5.92 Å². The molecule has 3 N–H and O–H groups in total. The number of aliphatic hydroxyl groups excluding tert-OH is 1. The topological polar surface area (TPSA) is 44.3 Å². The lowest BCUT2D eigenvalue weighted by atomic mass is 9.79. The SMILES string of the molecule is OC1CCC(CNC2CCCCC2C2CCCN2)C1. The van der Waals surface area contributed by atoms with Crippen LogP contribution in [0.3, 0.4) is 0 Å². The molecule has 110 valence electrons. The van der Waals surface area contributed by atoms with Crippen LogP contribution >= 0.6 is 0 Å². The first-order valence-electron chi connectivity index (χ1n) is 8.48. The smallest absolute Gasteiger partial charge is 0.0543 e. The molecule has 0 spiro atoms. The van der Waals surface area contributed by atoms with Crippen molar-refractivity contribution >= 4 is 0 Å². The summed E-state index contributed by atoms with van der Waals surface area (Å²) < 4.78 is 0. The molecule has 0 radical (unpaired) electrons. The maximum atomic E-state index is 9.62. The van der Waals surface area contributed by atoms with Crippen LogP contribution in [0, 0.1) is 11.8 Å². The molecule has 0 aromatic rings. The molecule has 0 bridgehead atoms. The average molecular weight is 266 g/mol. The van der Waals surface area contributed by atoms with Crippen LogP contribution in [-0.4, -0.2) is 36.4 Å². The molecule has 0 aromatic heterocycles. The fourth-order valence-electron chi connectivity index (χ4n) is 4.52. The molecule has 3 fully saturated rings. The minimum Gasteiger partial charge on any atom is -0.393 e. The summed E-state index contributed by atoms with van der Waals surface area (Å²) in [4.78, 5) is 0. The van der Waals surface area contributed by atoms with Gasteiger partial charge in [0.25, 0.3) is 0 Å². The van der Waals surface area contributed by atoms with Gasteiger partial charge in [0.1, 0.15) is 0 Å². The first-order chi connectivity index (χ1) is 9.33. The van der Waals surface area contributed by atoms with Crippen molar-refractivity contribution in [1.82, 2.24) is 10.6 Å². The maximum Gasteiger partial charge on any atom is 0.0543 e. The van der Waals surface area contributed by atoms with Crippen molar-refractivity contribution in [3.63, 3.8) is 0 Å². The molecule has 5 atom stereocenters. The summed E-state index contributed by atoms with van der Waals surface area (Å²) in [5.41, 5.74) is 0. The Bertz CT molecular complexity index is 278. The van der Waals surface area contributed by atoms with E-state index in [9.17, 15) is 5.11 Å².